The van der Waals surface area contributed by atoms with Crippen molar-refractivity contribution in [3.63, 3.8) is 0 Å². The molecule has 1 aromatic rings. The van der Waals surface area contributed by atoms with E-state index in [1.807, 2.05) is 37.3 Å². The van der Waals surface area contributed by atoms with Gasteiger partial charge in [-0.25, -0.2) is 4.79 Å². The summed E-state index contributed by atoms with van der Waals surface area (Å²) in [6.07, 6.45) is 0.933. The van der Waals surface area contributed by atoms with E-state index in [0.29, 0.717) is 19.4 Å². The Morgan fingerprint density at radius 2 is 1.95 bits per heavy atom. The van der Waals surface area contributed by atoms with Crippen LogP contribution in [-0.4, -0.2) is 42.9 Å². The smallest absolute Gasteiger partial charge is 0.315 e. The third kappa shape index (κ3) is 7.64. The molecule has 0 aliphatic carbocycles. The first-order chi connectivity index (χ1) is 10.5. The van der Waals surface area contributed by atoms with E-state index in [0.717, 1.165) is 5.56 Å². The van der Waals surface area contributed by atoms with Crippen molar-refractivity contribution in [2.24, 2.45) is 0 Å². The first kappa shape index (κ1) is 18.0. The Kier molecular flexibility index (Phi) is 7.99. The van der Waals surface area contributed by atoms with Crippen LogP contribution in [0, 0.1) is 0 Å². The average Bonchev–Trinajstić information content (AvgIpc) is 2.51. The number of carbonyl (C=O) groups excluding carboxylic acids is 1. The Hall–Kier alpha value is -2.08. The number of hydrogen-bond acceptors (Lipinski definition) is 3. The van der Waals surface area contributed by atoms with Crippen molar-refractivity contribution in [1.82, 2.24) is 10.6 Å². The van der Waals surface area contributed by atoms with E-state index in [2.05, 4.69) is 10.6 Å². The molecular weight excluding hydrogens is 284 g/mol. The summed E-state index contributed by atoms with van der Waals surface area (Å²) in [4.78, 5) is 22.6. The molecule has 22 heavy (non-hydrogen) atoms. The number of carboxylic acids is 1. The summed E-state index contributed by atoms with van der Waals surface area (Å²) < 4.78 is 5.06. The molecule has 0 spiro atoms. The molecule has 0 aromatic heterocycles. The fraction of sp³-hybridized carbons (Fsp3) is 0.500. The van der Waals surface area contributed by atoms with Crippen LogP contribution in [0.25, 0.3) is 0 Å². The third-order valence-electron chi connectivity index (χ3n) is 3.32. The fourth-order valence-corrected chi connectivity index (χ4v) is 1.98. The number of ether oxygens (including phenoxy) is 1. The molecule has 0 radical (unpaired) electrons. The molecule has 2 atom stereocenters. The lowest BCUT2D eigenvalue weighted by Gasteiger charge is -2.19. The van der Waals surface area contributed by atoms with Gasteiger partial charge in [0.15, 0.2) is 0 Å². The van der Waals surface area contributed by atoms with Gasteiger partial charge in [-0.15, -0.1) is 0 Å². The van der Waals surface area contributed by atoms with Gasteiger partial charge in [-0.3, -0.25) is 4.79 Å². The van der Waals surface area contributed by atoms with Crippen LogP contribution in [0.1, 0.15) is 25.3 Å². The Morgan fingerprint density at radius 3 is 2.55 bits per heavy atom. The van der Waals surface area contributed by atoms with Crippen LogP contribution in [0.4, 0.5) is 4.79 Å². The number of rotatable bonds is 9. The molecule has 6 nitrogen and oxygen atoms in total. The summed E-state index contributed by atoms with van der Waals surface area (Å²) >= 11 is 0. The highest BCUT2D eigenvalue weighted by molar-refractivity contribution is 5.74. The van der Waals surface area contributed by atoms with Crippen LogP contribution in [0.5, 0.6) is 0 Å². The normalized spacial score (nSPS) is 13.2. The van der Waals surface area contributed by atoms with E-state index in [-0.39, 0.29) is 24.6 Å². The van der Waals surface area contributed by atoms with Crippen LogP contribution in [-0.2, 0) is 16.0 Å². The second-order valence-electron chi connectivity index (χ2n) is 5.22. The Bertz CT molecular complexity index is 464. The number of aliphatic carboxylic acids is 1. The average molecular weight is 308 g/mol. The predicted molar refractivity (Wildman–Crippen MR) is 83.8 cm³/mol. The minimum Gasteiger partial charge on any atom is -0.481 e. The number of benzene rings is 1. The number of nitrogens with one attached hydrogen (secondary N) is 2. The molecule has 1 rings (SSSR count). The van der Waals surface area contributed by atoms with Crippen molar-refractivity contribution >= 4 is 12.0 Å². The van der Waals surface area contributed by atoms with Gasteiger partial charge in [0.1, 0.15) is 0 Å². The Labute approximate surface area is 130 Å². The maximum Gasteiger partial charge on any atom is 0.315 e. The largest absolute Gasteiger partial charge is 0.481 e. The second-order valence-corrected chi connectivity index (χ2v) is 5.22. The van der Waals surface area contributed by atoms with Gasteiger partial charge >= 0.3 is 12.0 Å². The molecule has 0 fully saturated rings. The lowest BCUT2D eigenvalue weighted by atomic mass is 10.0. The van der Waals surface area contributed by atoms with Gasteiger partial charge in [-0.2, -0.15) is 0 Å². The highest BCUT2D eigenvalue weighted by Crippen LogP contribution is 2.08. The topological polar surface area (TPSA) is 87.7 Å². The lowest BCUT2D eigenvalue weighted by Crippen LogP contribution is -2.45. The standard InChI is InChI=1S/C16H24N2O4/c1-12(22-2)11-17-16(21)18-14(8-9-15(19)20)10-13-6-4-3-5-7-13/h3-7,12,14H,8-11H2,1-2H3,(H,19,20)(H2,17,18,21). The maximum absolute atomic E-state index is 11.9. The van der Waals surface area contributed by atoms with Crippen LogP contribution in [0.15, 0.2) is 30.3 Å². The Balaban J connectivity index is 2.53. The minimum absolute atomic E-state index is 0.0201. The van der Waals surface area contributed by atoms with Gasteiger partial charge in [0.05, 0.1) is 6.10 Å². The highest BCUT2D eigenvalue weighted by Gasteiger charge is 2.15. The summed E-state index contributed by atoms with van der Waals surface area (Å²) in [5.74, 6) is -0.867. The number of carbonyl (C=O) groups is 2. The van der Waals surface area contributed by atoms with E-state index in [9.17, 15) is 9.59 Å². The van der Waals surface area contributed by atoms with Crippen LogP contribution < -0.4 is 10.6 Å². The summed E-state index contributed by atoms with van der Waals surface area (Å²) in [7, 11) is 1.58. The lowest BCUT2D eigenvalue weighted by molar-refractivity contribution is -0.137. The second kappa shape index (κ2) is 9.78. The molecule has 1 aromatic carbocycles. The van der Waals surface area contributed by atoms with Gasteiger partial charge in [-0.1, -0.05) is 30.3 Å². The van der Waals surface area contributed by atoms with Crippen molar-refractivity contribution in [3.05, 3.63) is 35.9 Å². The number of amides is 2. The molecule has 2 unspecified atom stereocenters. The SMILES string of the molecule is COC(C)CNC(=O)NC(CCC(=O)O)Cc1ccccc1. The fourth-order valence-electron chi connectivity index (χ4n) is 1.98. The molecule has 0 aliphatic heterocycles. The van der Waals surface area contributed by atoms with E-state index in [4.69, 9.17) is 9.84 Å². The van der Waals surface area contributed by atoms with Gasteiger partial charge < -0.3 is 20.5 Å². The number of methoxy groups -OCH3 is 1. The number of hydrogen-bond donors (Lipinski definition) is 3. The highest BCUT2D eigenvalue weighted by atomic mass is 16.5. The first-order valence-corrected chi connectivity index (χ1v) is 7.34. The number of carboxylic acid groups (broad SMARTS) is 1. The van der Waals surface area contributed by atoms with Crippen molar-refractivity contribution in [1.29, 1.82) is 0 Å². The molecule has 0 saturated heterocycles. The van der Waals surface area contributed by atoms with Crippen molar-refractivity contribution in [3.8, 4) is 0 Å². The zero-order chi connectivity index (χ0) is 16.4. The van der Waals surface area contributed by atoms with Crippen LogP contribution >= 0.6 is 0 Å². The van der Waals surface area contributed by atoms with Crippen molar-refractivity contribution < 1.29 is 19.4 Å². The summed E-state index contributed by atoms with van der Waals surface area (Å²) in [5, 5.41) is 14.4. The van der Waals surface area contributed by atoms with Gasteiger partial charge in [0.25, 0.3) is 0 Å². The van der Waals surface area contributed by atoms with E-state index in [1.54, 1.807) is 7.11 Å². The molecule has 0 saturated carbocycles. The molecular formula is C16H24N2O4. The van der Waals surface area contributed by atoms with Gasteiger partial charge in [0.2, 0.25) is 0 Å². The summed E-state index contributed by atoms with van der Waals surface area (Å²) in [6.45, 7) is 2.26. The quantitative estimate of drug-likeness (QED) is 0.649. The van der Waals surface area contributed by atoms with Crippen LogP contribution in [0.3, 0.4) is 0 Å². The third-order valence-corrected chi connectivity index (χ3v) is 3.32. The minimum atomic E-state index is -0.867. The molecule has 6 heteroatoms. The monoisotopic (exact) mass is 308 g/mol. The zero-order valence-electron chi connectivity index (χ0n) is 13.0. The summed E-state index contributed by atoms with van der Waals surface area (Å²) in [5.41, 5.74) is 1.06. The molecule has 122 valence electrons. The zero-order valence-corrected chi connectivity index (χ0v) is 13.0. The molecule has 0 aliphatic rings. The molecule has 0 heterocycles. The van der Waals surface area contributed by atoms with Gasteiger partial charge in [-0.05, 0) is 25.3 Å². The first-order valence-electron chi connectivity index (χ1n) is 7.34. The Morgan fingerprint density at radius 1 is 1.27 bits per heavy atom. The van der Waals surface area contributed by atoms with E-state index in [1.165, 1.54) is 0 Å². The van der Waals surface area contributed by atoms with Crippen molar-refractivity contribution in [2.45, 2.75) is 38.3 Å². The molecule has 3 N–H and O–H groups in total. The maximum atomic E-state index is 11.9. The molecule has 2 amide bonds. The van der Waals surface area contributed by atoms with Crippen molar-refractivity contribution in [2.75, 3.05) is 13.7 Å². The van der Waals surface area contributed by atoms with Gasteiger partial charge in [0, 0.05) is 26.1 Å². The number of urea groups is 1. The summed E-state index contributed by atoms with van der Waals surface area (Å²) in [6, 6.07) is 9.14. The predicted octanol–water partition coefficient (Wildman–Crippen LogP) is 1.80. The van der Waals surface area contributed by atoms with E-state index >= 15 is 0 Å². The van der Waals surface area contributed by atoms with Crippen LogP contribution in [0.2, 0.25) is 0 Å². The molecule has 0 bridgehead atoms. The van der Waals surface area contributed by atoms with E-state index < -0.39 is 5.97 Å².